The van der Waals surface area contributed by atoms with E-state index in [2.05, 4.69) is 38.4 Å². The van der Waals surface area contributed by atoms with Crippen LogP contribution in [0.2, 0.25) is 0 Å². The van der Waals surface area contributed by atoms with Crippen LogP contribution in [0.25, 0.3) is 0 Å². The lowest BCUT2D eigenvalue weighted by molar-refractivity contribution is -0.114. The highest BCUT2D eigenvalue weighted by atomic mass is 16.1. The van der Waals surface area contributed by atoms with Gasteiger partial charge in [0.25, 0.3) is 0 Å². The second kappa shape index (κ2) is 10.5. The van der Waals surface area contributed by atoms with Crippen LogP contribution in [0.5, 0.6) is 0 Å². The average molecular weight is 395 g/mol. The summed E-state index contributed by atoms with van der Waals surface area (Å²) in [6, 6.07) is 14.0. The van der Waals surface area contributed by atoms with Crippen molar-refractivity contribution in [1.29, 1.82) is 0 Å². The first-order chi connectivity index (χ1) is 14.2. The van der Waals surface area contributed by atoms with E-state index in [9.17, 15) is 4.79 Å². The molecule has 1 aromatic heterocycles. The molecule has 1 saturated heterocycles. The maximum atomic E-state index is 11.1. The zero-order valence-corrected chi connectivity index (χ0v) is 17.3. The van der Waals surface area contributed by atoms with Crippen LogP contribution in [0.4, 0.5) is 11.5 Å². The molecule has 0 radical (unpaired) electrons. The van der Waals surface area contributed by atoms with Crippen LogP contribution in [-0.4, -0.2) is 61.0 Å². The van der Waals surface area contributed by atoms with Crippen LogP contribution in [-0.2, 0) is 11.2 Å². The highest BCUT2D eigenvalue weighted by molar-refractivity contribution is 5.88. The first-order valence-corrected chi connectivity index (χ1v) is 10.2. The van der Waals surface area contributed by atoms with Gasteiger partial charge in [-0.15, -0.1) is 0 Å². The van der Waals surface area contributed by atoms with Crippen molar-refractivity contribution < 1.29 is 4.79 Å². The molecule has 7 heteroatoms. The number of nitrogens with zero attached hydrogens (tertiary/aromatic N) is 4. The Morgan fingerprint density at radius 3 is 2.48 bits per heavy atom. The van der Waals surface area contributed by atoms with Crippen LogP contribution in [0.3, 0.4) is 0 Å². The number of carbonyl (C=O) groups is 1. The highest BCUT2D eigenvalue weighted by Gasteiger charge is 2.20. The van der Waals surface area contributed by atoms with Gasteiger partial charge in [-0.3, -0.25) is 9.79 Å². The van der Waals surface area contributed by atoms with Gasteiger partial charge in [0.2, 0.25) is 5.91 Å². The molecule has 7 nitrogen and oxygen atoms in total. The number of aliphatic imine (C=N–C) groups is 1. The number of aromatic nitrogens is 1. The lowest BCUT2D eigenvalue weighted by Crippen LogP contribution is -2.52. The Bertz CT molecular complexity index is 798. The molecule has 0 spiro atoms. The minimum atomic E-state index is -0.0548. The van der Waals surface area contributed by atoms with Crippen LogP contribution in [0.1, 0.15) is 19.4 Å². The van der Waals surface area contributed by atoms with Gasteiger partial charge in [0, 0.05) is 58.1 Å². The SMILES string of the molecule is CCNC(=NCCc1ccc(NC(C)=O)cc1)N1CCN(c2ccccn2)CC1. The monoisotopic (exact) mass is 394 g/mol. The molecule has 0 unspecified atom stereocenters. The molecule has 0 bridgehead atoms. The Balaban J connectivity index is 1.53. The number of pyridine rings is 1. The third kappa shape index (κ3) is 6.20. The Morgan fingerprint density at radius 2 is 1.86 bits per heavy atom. The van der Waals surface area contributed by atoms with Gasteiger partial charge in [0.1, 0.15) is 5.82 Å². The first kappa shape index (κ1) is 20.6. The summed E-state index contributed by atoms with van der Waals surface area (Å²) < 4.78 is 0. The summed E-state index contributed by atoms with van der Waals surface area (Å²) in [5, 5.41) is 6.21. The van der Waals surface area contributed by atoms with Crippen LogP contribution in [0.15, 0.2) is 53.7 Å². The fraction of sp³-hybridized carbons (Fsp3) is 0.409. The van der Waals surface area contributed by atoms with E-state index in [1.807, 2.05) is 42.6 Å². The summed E-state index contributed by atoms with van der Waals surface area (Å²) in [5.41, 5.74) is 2.03. The second-order valence-corrected chi connectivity index (χ2v) is 7.03. The minimum absolute atomic E-state index is 0.0548. The molecule has 2 N–H and O–H groups in total. The number of hydrogen-bond donors (Lipinski definition) is 2. The zero-order chi connectivity index (χ0) is 20.5. The molecule has 0 saturated carbocycles. The van der Waals surface area contributed by atoms with E-state index in [-0.39, 0.29) is 5.91 Å². The van der Waals surface area contributed by atoms with E-state index >= 15 is 0 Å². The maximum Gasteiger partial charge on any atom is 0.221 e. The van der Waals surface area contributed by atoms with Crippen molar-refractivity contribution in [2.75, 3.05) is 49.5 Å². The van der Waals surface area contributed by atoms with Crippen LogP contribution in [0, 0.1) is 0 Å². The quantitative estimate of drug-likeness (QED) is 0.581. The van der Waals surface area contributed by atoms with Gasteiger partial charge in [-0.25, -0.2) is 4.98 Å². The van der Waals surface area contributed by atoms with Crippen LogP contribution >= 0.6 is 0 Å². The Kier molecular flexibility index (Phi) is 7.44. The third-order valence-electron chi connectivity index (χ3n) is 4.82. The Labute approximate surface area is 172 Å². The van der Waals surface area contributed by atoms with E-state index in [1.54, 1.807) is 0 Å². The van der Waals surface area contributed by atoms with Crippen molar-refractivity contribution in [2.45, 2.75) is 20.3 Å². The molecule has 1 aliphatic heterocycles. The molecule has 1 aliphatic rings. The van der Waals surface area contributed by atoms with Gasteiger partial charge >= 0.3 is 0 Å². The number of anilines is 2. The van der Waals surface area contributed by atoms with Gasteiger partial charge in [-0.05, 0) is 43.2 Å². The van der Waals surface area contributed by atoms with Gasteiger partial charge in [-0.1, -0.05) is 18.2 Å². The lowest BCUT2D eigenvalue weighted by atomic mass is 10.1. The first-order valence-electron chi connectivity index (χ1n) is 10.2. The normalized spacial score (nSPS) is 14.6. The lowest BCUT2D eigenvalue weighted by Gasteiger charge is -2.37. The van der Waals surface area contributed by atoms with E-state index < -0.39 is 0 Å². The number of piperazine rings is 1. The fourth-order valence-electron chi connectivity index (χ4n) is 3.36. The standard InChI is InChI=1S/C22H30N6O/c1-3-23-22(25-13-11-19-7-9-20(10-8-19)26-18(2)29)28-16-14-27(15-17-28)21-6-4-5-12-24-21/h4-10,12H,3,11,13-17H2,1-2H3,(H,23,25)(H,26,29). The summed E-state index contributed by atoms with van der Waals surface area (Å²) in [6.45, 7) is 8.91. The van der Waals surface area contributed by atoms with Gasteiger partial charge in [0.15, 0.2) is 5.96 Å². The topological polar surface area (TPSA) is 72.9 Å². The maximum absolute atomic E-state index is 11.1. The molecular formula is C22H30N6O. The molecule has 154 valence electrons. The number of rotatable bonds is 6. The molecule has 0 atom stereocenters. The molecule has 2 aromatic rings. The van der Waals surface area contributed by atoms with Crippen molar-refractivity contribution in [3.05, 3.63) is 54.2 Å². The number of hydrogen-bond acceptors (Lipinski definition) is 4. The van der Waals surface area contributed by atoms with Crippen molar-refractivity contribution in [3.63, 3.8) is 0 Å². The predicted octanol–water partition coefficient (Wildman–Crippen LogP) is 2.37. The predicted molar refractivity (Wildman–Crippen MR) is 118 cm³/mol. The molecule has 1 aromatic carbocycles. The molecule has 3 rings (SSSR count). The third-order valence-corrected chi connectivity index (χ3v) is 4.82. The second-order valence-electron chi connectivity index (χ2n) is 7.03. The molecule has 1 fully saturated rings. The summed E-state index contributed by atoms with van der Waals surface area (Å²) in [6.07, 6.45) is 2.71. The minimum Gasteiger partial charge on any atom is -0.357 e. The highest BCUT2D eigenvalue weighted by Crippen LogP contribution is 2.13. The number of benzene rings is 1. The average Bonchev–Trinajstić information content (AvgIpc) is 2.75. The van der Waals surface area contributed by atoms with E-state index in [4.69, 9.17) is 4.99 Å². The molecular weight excluding hydrogens is 364 g/mol. The van der Waals surface area contributed by atoms with Crippen molar-refractivity contribution in [1.82, 2.24) is 15.2 Å². The van der Waals surface area contributed by atoms with Gasteiger partial charge in [0.05, 0.1) is 0 Å². The molecule has 2 heterocycles. The van der Waals surface area contributed by atoms with Gasteiger partial charge in [-0.2, -0.15) is 0 Å². The number of carbonyl (C=O) groups excluding carboxylic acids is 1. The smallest absolute Gasteiger partial charge is 0.221 e. The zero-order valence-electron chi connectivity index (χ0n) is 17.3. The summed E-state index contributed by atoms with van der Waals surface area (Å²) >= 11 is 0. The molecule has 29 heavy (non-hydrogen) atoms. The van der Waals surface area contributed by atoms with E-state index in [0.717, 1.165) is 63.2 Å². The van der Waals surface area contributed by atoms with Crippen LogP contribution < -0.4 is 15.5 Å². The number of guanidine groups is 1. The largest absolute Gasteiger partial charge is 0.357 e. The van der Waals surface area contributed by atoms with Crippen molar-refractivity contribution in [2.24, 2.45) is 4.99 Å². The summed E-state index contributed by atoms with van der Waals surface area (Å²) in [7, 11) is 0. The molecule has 0 aliphatic carbocycles. The van der Waals surface area contributed by atoms with E-state index in [0.29, 0.717) is 0 Å². The number of amides is 1. The summed E-state index contributed by atoms with van der Waals surface area (Å²) in [4.78, 5) is 25.0. The Morgan fingerprint density at radius 1 is 1.10 bits per heavy atom. The number of nitrogens with one attached hydrogen (secondary N) is 2. The molecule has 1 amide bonds. The van der Waals surface area contributed by atoms with Gasteiger partial charge < -0.3 is 20.4 Å². The van der Waals surface area contributed by atoms with Crippen molar-refractivity contribution >= 4 is 23.4 Å². The van der Waals surface area contributed by atoms with E-state index in [1.165, 1.54) is 12.5 Å². The Hall–Kier alpha value is -3.09. The van der Waals surface area contributed by atoms with Crippen molar-refractivity contribution in [3.8, 4) is 0 Å². The fourth-order valence-corrected chi connectivity index (χ4v) is 3.36. The summed E-state index contributed by atoms with van der Waals surface area (Å²) in [5.74, 6) is 1.96.